The molecule has 10 heteroatoms. The first-order valence-electron chi connectivity index (χ1n) is 17.1. The van der Waals surface area contributed by atoms with Gasteiger partial charge in [0.2, 0.25) is 0 Å². The summed E-state index contributed by atoms with van der Waals surface area (Å²) in [6.07, 6.45) is 4.15. The van der Waals surface area contributed by atoms with Crippen LogP contribution in [0.3, 0.4) is 0 Å². The molecule has 0 amide bonds. The molecule has 0 aromatic heterocycles. The van der Waals surface area contributed by atoms with Crippen molar-refractivity contribution >= 4 is 92.2 Å². The molecule has 0 saturated heterocycles. The Hall–Kier alpha value is -3.83. The predicted molar refractivity (Wildman–Crippen MR) is 235 cm³/mol. The number of benzene rings is 5. The summed E-state index contributed by atoms with van der Waals surface area (Å²) in [5.41, 5.74) is 9.63. The number of hydrogen-bond acceptors (Lipinski definition) is 6. The van der Waals surface area contributed by atoms with E-state index >= 15 is 0 Å². The second-order valence-corrected chi connectivity index (χ2v) is 16.7. The van der Waals surface area contributed by atoms with E-state index in [4.69, 9.17) is 14.2 Å². The van der Waals surface area contributed by atoms with Crippen molar-refractivity contribution in [2.75, 3.05) is 52.2 Å². The first-order chi connectivity index (χ1) is 25.7. The van der Waals surface area contributed by atoms with Crippen molar-refractivity contribution in [3.8, 4) is 11.5 Å². The van der Waals surface area contributed by atoms with Gasteiger partial charge >= 0.3 is 5.97 Å². The van der Waals surface area contributed by atoms with Gasteiger partial charge in [-0.1, -0.05) is 36.4 Å². The highest BCUT2D eigenvalue weighted by Gasteiger charge is 2.48. The zero-order valence-electron chi connectivity index (χ0n) is 31.3. The van der Waals surface area contributed by atoms with E-state index in [2.05, 4.69) is 136 Å². The standard InChI is InChI=1S/C44H40Br4N2O4/c1-25-21-29(13-19-35(25)49(3)4)33(27-9-15-31(52-7)16-10-27)23-44(38-37(43(51)54-44)39(45)41(47)42(48)40(38)46)24-34(28-11-17-32(53-8)18-12-28)30-14-20-36(50(5)6)26(2)22-30/h9-24H,1-8H3/b33-23+,34-24+. The zero-order chi connectivity index (χ0) is 39.1. The molecule has 54 heavy (non-hydrogen) atoms. The Bertz CT molecular complexity index is 2190. The van der Waals surface area contributed by atoms with Crippen molar-refractivity contribution in [2.45, 2.75) is 19.4 Å². The van der Waals surface area contributed by atoms with E-state index in [-0.39, 0.29) is 0 Å². The SMILES string of the molecule is COc1ccc(/C(=C\C2(/C=C(\c3ccc(OC)cc3)c3ccc(N(C)C)c(C)c3)OC(=O)c3c(Br)c(Br)c(Br)c(Br)c32)c2ccc(N(C)C)c(C)c2)cc1. The Morgan fingerprint density at radius 3 is 1.35 bits per heavy atom. The van der Waals surface area contributed by atoms with Crippen LogP contribution in [0, 0.1) is 13.8 Å². The van der Waals surface area contributed by atoms with Gasteiger partial charge in [-0.25, -0.2) is 4.79 Å². The molecule has 5 aromatic carbocycles. The summed E-state index contributed by atoms with van der Waals surface area (Å²) in [5, 5.41) is 0. The van der Waals surface area contributed by atoms with Crippen molar-refractivity contribution in [1.29, 1.82) is 0 Å². The number of nitrogens with zero attached hydrogens (tertiary/aromatic N) is 2. The second-order valence-electron chi connectivity index (χ2n) is 13.6. The first-order valence-corrected chi connectivity index (χ1v) is 20.3. The van der Waals surface area contributed by atoms with Crippen LogP contribution in [-0.2, 0) is 10.3 Å². The number of esters is 1. The smallest absolute Gasteiger partial charge is 0.341 e. The van der Waals surface area contributed by atoms with Gasteiger partial charge < -0.3 is 24.0 Å². The third kappa shape index (κ3) is 7.55. The molecule has 0 radical (unpaired) electrons. The van der Waals surface area contributed by atoms with Crippen LogP contribution in [0.25, 0.3) is 11.1 Å². The Morgan fingerprint density at radius 1 is 0.593 bits per heavy atom. The number of carbonyl (C=O) groups excluding carboxylic acids is 1. The highest BCUT2D eigenvalue weighted by atomic mass is 79.9. The molecule has 0 atom stereocenters. The van der Waals surface area contributed by atoms with E-state index in [0.717, 1.165) is 71.9 Å². The molecule has 6 rings (SSSR count). The number of cyclic esters (lactones) is 1. The van der Waals surface area contributed by atoms with Crippen LogP contribution in [0.4, 0.5) is 11.4 Å². The molecule has 5 aromatic rings. The number of ether oxygens (including phenoxy) is 3. The molecule has 0 fully saturated rings. The maximum absolute atomic E-state index is 14.3. The predicted octanol–water partition coefficient (Wildman–Crippen LogP) is 12.1. The molecule has 0 spiro atoms. The van der Waals surface area contributed by atoms with Crippen molar-refractivity contribution in [2.24, 2.45) is 0 Å². The van der Waals surface area contributed by atoms with Crippen LogP contribution < -0.4 is 19.3 Å². The third-order valence-electron chi connectivity index (χ3n) is 9.62. The molecule has 0 N–H and O–H groups in total. The number of fused-ring (bicyclic) bond motifs is 1. The number of methoxy groups -OCH3 is 2. The van der Waals surface area contributed by atoms with Gasteiger partial charge in [-0.15, -0.1) is 0 Å². The average molecular weight is 980 g/mol. The third-order valence-corrected chi connectivity index (χ3v) is 14.4. The van der Waals surface area contributed by atoms with Crippen molar-refractivity contribution in [3.05, 3.63) is 159 Å². The summed E-state index contributed by atoms with van der Waals surface area (Å²) in [7, 11) is 11.5. The molecule has 1 aliphatic rings. The Morgan fingerprint density at radius 2 is 0.981 bits per heavy atom. The minimum Gasteiger partial charge on any atom is -0.497 e. The summed E-state index contributed by atoms with van der Waals surface area (Å²) in [4.78, 5) is 18.5. The van der Waals surface area contributed by atoms with Gasteiger partial charge in [-0.3, -0.25) is 0 Å². The fourth-order valence-electron chi connectivity index (χ4n) is 6.98. The van der Waals surface area contributed by atoms with Gasteiger partial charge in [0.15, 0.2) is 5.60 Å². The average Bonchev–Trinajstić information content (AvgIpc) is 3.45. The van der Waals surface area contributed by atoms with E-state index in [9.17, 15) is 4.79 Å². The lowest BCUT2D eigenvalue weighted by Crippen LogP contribution is -2.23. The van der Waals surface area contributed by atoms with Crippen molar-refractivity contribution in [3.63, 3.8) is 0 Å². The number of aryl methyl sites for hydroxylation is 2. The summed E-state index contributed by atoms with van der Waals surface area (Å²) < 4.78 is 20.6. The molecule has 1 heterocycles. The van der Waals surface area contributed by atoms with E-state index in [0.29, 0.717) is 24.5 Å². The molecule has 0 bridgehead atoms. The molecule has 278 valence electrons. The lowest BCUT2D eigenvalue weighted by atomic mass is 9.82. The van der Waals surface area contributed by atoms with Gasteiger partial charge in [0.05, 0.1) is 19.8 Å². The van der Waals surface area contributed by atoms with Crippen molar-refractivity contribution < 1.29 is 19.0 Å². The molecule has 0 aliphatic carbocycles. The highest BCUT2D eigenvalue weighted by molar-refractivity contribution is 9.15. The maximum Gasteiger partial charge on any atom is 0.341 e. The van der Waals surface area contributed by atoms with Crippen LogP contribution in [0.5, 0.6) is 11.5 Å². The van der Waals surface area contributed by atoms with Crippen LogP contribution in [0.15, 0.2) is 115 Å². The van der Waals surface area contributed by atoms with Crippen LogP contribution in [0.1, 0.15) is 49.3 Å². The fourth-order valence-corrected chi connectivity index (χ4v) is 9.57. The van der Waals surface area contributed by atoms with Gasteiger partial charge in [0.1, 0.15) is 11.5 Å². The molecule has 0 unspecified atom stereocenters. The lowest BCUT2D eigenvalue weighted by molar-refractivity contribution is 0.0298. The second kappa shape index (κ2) is 16.1. The zero-order valence-corrected chi connectivity index (χ0v) is 37.6. The van der Waals surface area contributed by atoms with E-state index in [1.807, 2.05) is 76.7 Å². The van der Waals surface area contributed by atoms with E-state index in [1.54, 1.807) is 14.2 Å². The summed E-state index contributed by atoms with van der Waals surface area (Å²) in [6.45, 7) is 4.21. The van der Waals surface area contributed by atoms with Gasteiger partial charge in [-0.2, -0.15) is 0 Å². The van der Waals surface area contributed by atoms with E-state index < -0.39 is 11.6 Å². The highest BCUT2D eigenvalue weighted by Crippen LogP contribution is 2.54. The quantitative estimate of drug-likeness (QED) is 0.0790. The number of anilines is 2. The Labute approximate surface area is 351 Å². The minimum absolute atomic E-state index is 0.422. The number of hydrogen-bond donors (Lipinski definition) is 0. The van der Waals surface area contributed by atoms with Crippen LogP contribution in [0.2, 0.25) is 0 Å². The molecule has 0 saturated carbocycles. The minimum atomic E-state index is -1.41. The summed E-state index contributed by atoms with van der Waals surface area (Å²) in [5.74, 6) is 1.02. The lowest BCUT2D eigenvalue weighted by Gasteiger charge is -2.28. The first kappa shape index (κ1) is 39.9. The molecule has 1 aliphatic heterocycles. The van der Waals surface area contributed by atoms with Crippen LogP contribution >= 0.6 is 63.7 Å². The van der Waals surface area contributed by atoms with Crippen LogP contribution in [-0.4, -0.2) is 48.4 Å². The molecule has 6 nitrogen and oxygen atoms in total. The fraction of sp³-hybridized carbons (Fsp3) is 0.205. The summed E-state index contributed by atoms with van der Waals surface area (Å²) >= 11 is 15.1. The number of rotatable bonds is 10. The summed E-state index contributed by atoms with van der Waals surface area (Å²) in [6, 6.07) is 28.7. The Kier molecular flexibility index (Phi) is 11.9. The van der Waals surface area contributed by atoms with Gasteiger partial charge in [0, 0.05) is 63.0 Å². The van der Waals surface area contributed by atoms with Gasteiger partial charge in [0.25, 0.3) is 0 Å². The monoisotopic (exact) mass is 976 g/mol. The van der Waals surface area contributed by atoms with E-state index in [1.165, 1.54) is 0 Å². The largest absolute Gasteiger partial charge is 0.497 e. The normalized spacial score (nSPS) is 13.7. The van der Waals surface area contributed by atoms with Gasteiger partial charge in [-0.05, 0) is 183 Å². The maximum atomic E-state index is 14.3. The Balaban J connectivity index is 1.77. The molecular weight excluding hydrogens is 940 g/mol. The van der Waals surface area contributed by atoms with Crippen molar-refractivity contribution in [1.82, 2.24) is 0 Å². The number of halogens is 4. The molecular formula is C44H40Br4N2O4. The number of carbonyl (C=O) groups is 1. The topological polar surface area (TPSA) is 51.2 Å².